The van der Waals surface area contributed by atoms with Crippen molar-refractivity contribution in [2.45, 2.75) is 0 Å². The Bertz CT molecular complexity index is 359. The van der Waals surface area contributed by atoms with Gasteiger partial charge in [0.2, 0.25) is 0 Å². The van der Waals surface area contributed by atoms with Crippen LogP contribution in [0.1, 0.15) is 0 Å². The molecule has 1 nitrogen and oxygen atoms in total. The van der Waals surface area contributed by atoms with Gasteiger partial charge >= 0.3 is 74.3 Å². The van der Waals surface area contributed by atoms with Crippen molar-refractivity contribution in [3.05, 3.63) is 30.5 Å². The van der Waals surface area contributed by atoms with Gasteiger partial charge in [-0.15, -0.1) is 0 Å². The van der Waals surface area contributed by atoms with Gasteiger partial charge < -0.3 is 24.8 Å². The Balaban J connectivity index is 0.000000605. The Kier molecular flexibility index (Phi) is 5.16. The van der Waals surface area contributed by atoms with E-state index >= 15 is 0 Å². The summed E-state index contributed by atoms with van der Waals surface area (Å²) in [5.74, 6) is 0. The van der Waals surface area contributed by atoms with E-state index in [2.05, 4.69) is 29.4 Å². The van der Waals surface area contributed by atoms with Gasteiger partial charge in [0.1, 0.15) is 0 Å². The first-order chi connectivity index (χ1) is 4.88. The van der Waals surface area contributed by atoms with Crippen LogP contribution in [-0.4, -0.2) is 4.98 Å². The number of hydrogen-bond acceptors (Lipinski definition) is 0. The number of H-pyrrole nitrogens is 1. The van der Waals surface area contributed by atoms with Crippen LogP contribution in [0, 0.1) is 0 Å². The molecule has 0 aliphatic rings. The number of aromatic nitrogens is 1. The summed E-state index contributed by atoms with van der Waals surface area (Å²) >= 11 is 1.47. The number of nitrogens with one attached hydrogen (secondary N) is 1. The van der Waals surface area contributed by atoms with Crippen LogP contribution in [0.5, 0.6) is 0 Å². The zero-order valence-corrected chi connectivity index (χ0v) is 10.1. The molecule has 0 bridgehead atoms. The normalized spacial score (nSPS) is 8.83. The van der Waals surface area contributed by atoms with Gasteiger partial charge in [0.15, 0.2) is 0 Å². The van der Waals surface area contributed by atoms with E-state index in [9.17, 15) is 0 Å². The van der Waals surface area contributed by atoms with Gasteiger partial charge in [-0.05, 0) is 0 Å². The molecule has 0 amide bonds. The van der Waals surface area contributed by atoms with Crippen molar-refractivity contribution in [1.29, 1.82) is 0 Å². The summed E-state index contributed by atoms with van der Waals surface area (Å²) in [6, 6.07) is 8.37. The van der Waals surface area contributed by atoms with Crippen LogP contribution in [0.4, 0.5) is 0 Å². The van der Waals surface area contributed by atoms with Crippen LogP contribution in [-0.2, 0) is 24.7 Å². The van der Waals surface area contributed by atoms with Crippen molar-refractivity contribution < 1.29 is 49.5 Å². The Morgan fingerprint density at radius 2 is 1.75 bits per heavy atom. The third kappa shape index (κ3) is 2.13. The molecule has 1 N–H and O–H groups in total. The number of rotatable bonds is 0. The first-order valence-corrected chi connectivity index (χ1v) is 4.38. The second-order valence-electron chi connectivity index (χ2n) is 2.25. The van der Waals surface area contributed by atoms with Crippen LogP contribution < -0.4 is 28.1 Å². The quantitative estimate of drug-likeness (QED) is 0.499. The van der Waals surface area contributed by atoms with E-state index in [4.69, 9.17) is 0 Å². The van der Waals surface area contributed by atoms with E-state index in [1.54, 1.807) is 0 Å². The number of fused-ring (bicyclic) bond motifs is 1. The number of halogens is 2. The van der Waals surface area contributed by atoms with Crippen molar-refractivity contribution in [3.63, 3.8) is 0 Å². The molecule has 0 saturated heterocycles. The van der Waals surface area contributed by atoms with E-state index in [1.807, 2.05) is 6.07 Å². The van der Waals surface area contributed by atoms with E-state index in [0.29, 0.717) is 0 Å². The predicted octanol–water partition coefficient (Wildman–Crippen LogP) is -4.65. The fraction of sp³-hybridized carbons (Fsp3) is 0. The van der Waals surface area contributed by atoms with Crippen LogP contribution in [0.25, 0.3) is 10.9 Å². The van der Waals surface area contributed by atoms with Gasteiger partial charge in [0.05, 0.1) is 0 Å². The Labute approximate surface area is 98.6 Å². The molecule has 2 rings (SSSR count). The molecule has 0 aliphatic carbocycles. The van der Waals surface area contributed by atoms with Crippen LogP contribution in [0.3, 0.4) is 0 Å². The zero-order chi connectivity index (χ0) is 6.97. The van der Waals surface area contributed by atoms with E-state index < -0.39 is 0 Å². The van der Waals surface area contributed by atoms with Crippen molar-refractivity contribution in [2.75, 3.05) is 0 Å². The fourth-order valence-electron chi connectivity index (χ4n) is 1.07. The van der Waals surface area contributed by atoms with Gasteiger partial charge in [0.25, 0.3) is 0 Å². The first-order valence-electron chi connectivity index (χ1n) is 3.15. The average molecular weight is 278 g/mol. The summed E-state index contributed by atoms with van der Waals surface area (Å²) in [5.41, 5.74) is 1.24. The minimum atomic E-state index is 0. The Hall–Kier alpha value is 0.223. The molecule has 0 saturated carbocycles. The van der Waals surface area contributed by atoms with Gasteiger partial charge in [0, 0.05) is 0 Å². The van der Waals surface area contributed by atoms with Gasteiger partial charge in [-0.25, -0.2) is 0 Å². The molecule has 12 heavy (non-hydrogen) atoms. The number of hydrogen-bond donors (Lipinski definition) is 1. The van der Waals surface area contributed by atoms with Crippen molar-refractivity contribution in [1.82, 2.24) is 4.98 Å². The fourth-order valence-corrected chi connectivity index (χ4v) is 1.78. The van der Waals surface area contributed by atoms with Gasteiger partial charge in [-0.3, -0.25) is 0 Å². The standard InChI is InChI=1S/C8H6N.2ClH.Zr/c1-2-4-8-7(3-1)5-6-9-8;;;/h1-4,6,9H;2*1H;/q;;;+2/p-2. The molecule has 1 heterocycles. The second-order valence-corrected chi connectivity index (χ2v) is 3.57. The number of benzene rings is 1. The van der Waals surface area contributed by atoms with E-state index in [1.165, 1.54) is 38.9 Å². The molecular formula is C8H6Cl2NZr. The zero-order valence-electron chi connectivity index (χ0n) is 6.14. The average Bonchev–Trinajstić information content (AvgIpc) is 2.34. The molecule has 1 aromatic heterocycles. The van der Waals surface area contributed by atoms with Crippen molar-refractivity contribution in [2.24, 2.45) is 0 Å². The monoisotopic (exact) mass is 276 g/mol. The predicted molar refractivity (Wildman–Crippen MR) is 37.9 cm³/mol. The molecule has 1 aromatic carbocycles. The molecular weight excluding hydrogens is 272 g/mol. The summed E-state index contributed by atoms with van der Waals surface area (Å²) in [7, 11) is 0. The van der Waals surface area contributed by atoms with Crippen LogP contribution in [0.2, 0.25) is 0 Å². The number of aromatic amines is 1. The molecule has 2 aromatic rings. The van der Waals surface area contributed by atoms with Crippen LogP contribution >= 0.6 is 0 Å². The third-order valence-electron chi connectivity index (χ3n) is 1.59. The third-order valence-corrected chi connectivity index (χ3v) is 2.61. The topological polar surface area (TPSA) is 15.8 Å². The summed E-state index contributed by atoms with van der Waals surface area (Å²) < 4.78 is 1.41. The Morgan fingerprint density at radius 1 is 1.08 bits per heavy atom. The van der Waals surface area contributed by atoms with Crippen molar-refractivity contribution in [3.8, 4) is 0 Å². The molecule has 0 unspecified atom stereocenters. The van der Waals surface area contributed by atoms with Crippen molar-refractivity contribution >= 4 is 14.2 Å². The number of para-hydroxylation sites is 1. The van der Waals surface area contributed by atoms with Crippen LogP contribution in [0.15, 0.2) is 30.5 Å². The summed E-state index contributed by atoms with van der Waals surface area (Å²) in [6.45, 7) is 0. The molecule has 0 fully saturated rings. The molecule has 61 valence electrons. The van der Waals surface area contributed by atoms with Gasteiger partial charge in [-0.1, -0.05) is 0 Å². The summed E-state index contributed by atoms with van der Waals surface area (Å²) in [5, 5.41) is 1.36. The summed E-state index contributed by atoms with van der Waals surface area (Å²) in [4.78, 5) is 3.21. The SMILES string of the molecule is [Cl-].[Cl-].[Zr+2][c]1c[nH]c2ccccc12. The molecule has 0 spiro atoms. The van der Waals surface area contributed by atoms with Gasteiger partial charge in [-0.2, -0.15) is 0 Å². The minimum absolute atomic E-state index is 0. The van der Waals surface area contributed by atoms with E-state index in [-0.39, 0.29) is 24.8 Å². The molecule has 4 heteroatoms. The first kappa shape index (κ1) is 12.2. The molecule has 0 atom stereocenters. The molecule has 0 aliphatic heterocycles. The Morgan fingerprint density at radius 3 is 2.42 bits per heavy atom. The molecule has 0 radical (unpaired) electrons. The van der Waals surface area contributed by atoms with E-state index in [0.717, 1.165) is 0 Å². The maximum atomic E-state index is 3.21. The second kappa shape index (κ2) is 5.06. The maximum absolute atomic E-state index is 3.21. The summed E-state index contributed by atoms with van der Waals surface area (Å²) in [6.07, 6.45) is 2.07.